The fourth-order valence-corrected chi connectivity index (χ4v) is 39.0. The third-order valence-electron chi connectivity index (χ3n) is 4.52. The van der Waals surface area contributed by atoms with Crippen molar-refractivity contribution < 1.29 is 196 Å². The lowest BCUT2D eigenvalue weighted by Gasteiger charge is -2.39. The zero-order valence-electron chi connectivity index (χ0n) is 34.2. The lowest BCUT2D eigenvalue weighted by Crippen LogP contribution is -2.87. The van der Waals surface area contributed by atoms with Crippen molar-refractivity contribution >= 4 is 122 Å². The molecular weight excluding hydrogens is 1210 g/mol. The van der Waals surface area contributed by atoms with Gasteiger partial charge >= 0.3 is 122 Å². The molecular formula is C12H66O42Si14. The fraction of sp³-hybridized carbons (Fsp3) is 1.00. The Morgan fingerprint density at radius 1 is 0.309 bits per heavy atom. The summed E-state index contributed by atoms with van der Waals surface area (Å²) in [6, 6.07) is 0. The minimum Gasteiger partial charge on any atom is -0.412 e. The summed E-state index contributed by atoms with van der Waals surface area (Å²) >= 11 is 0. The summed E-state index contributed by atoms with van der Waals surface area (Å²) in [6.45, 7) is 12.7. The highest BCUT2D eigenvalue weighted by atomic mass is 29.7. The Kier molecular flexibility index (Phi) is 37.7. The van der Waals surface area contributed by atoms with Gasteiger partial charge in [-0.3, -0.25) is 0 Å². The van der Waals surface area contributed by atoms with Crippen molar-refractivity contribution in [3.63, 3.8) is 0 Å². The molecule has 0 aliphatic carbocycles. The molecule has 42 nitrogen and oxygen atoms in total. The van der Waals surface area contributed by atoms with Crippen LogP contribution in [-0.4, -0.2) is 298 Å². The second kappa shape index (κ2) is 30.8. The lowest BCUT2D eigenvalue weighted by molar-refractivity contribution is -0.0251. The van der Waals surface area contributed by atoms with E-state index in [4.69, 9.17) is 75.3 Å². The van der Waals surface area contributed by atoms with Gasteiger partial charge in [0.05, 0.1) is 0 Å². The smallest absolute Gasteiger partial charge is 0.412 e. The van der Waals surface area contributed by atoms with Gasteiger partial charge in [0.25, 0.3) is 0 Å². The SMILES string of the molecule is C.C.CCO[Si](OCC)(OCC)OCC.C[Si](C)(O)O.O.O[Si](O)(O)O.O[Si](O)(O)O[Si](O)(O)O[Si](O)(O)O[Si](O)(O)O[Si](O)(O)[Si](O)(O[Si](O)(O)O[Si](O)(O)[Si](O)(O)O[Si](O)(O)O)[Si](O)(O)O. The molecule has 56 heteroatoms. The fourth-order valence-electron chi connectivity index (χ4n) is 2.87. The minimum absolute atomic E-state index is 0. The van der Waals surface area contributed by atoms with E-state index in [1.54, 1.807) is 0 Å². The van der Waals surface area contributed by atoms with Crippen LogP contribution in [0.15, 0.2) is 0 Å². The molecule has 0 spiro atoms. The van der Waals surface area contributed by atoms with Crippen LogP contribution in [0.25, 0.3) is 0 Å². The van der Waals surface area contributed by atoms with Gasteiger partial charge in [0, 0.05) is 26.4 Å². The molecule has 0 saturated carbocycles. The molecule has 0 amide bonds. The minimum atomic E-state index is -7.30. The molecule has 0 aliphatic heterocycles. The average Bonchev–Trinajstić information content (AvgIpc) is 2.90. The average molecular weight is 1280 g/mol. The third-order valence-corrected chi connectivity index (χ3v) is 43.5. The van der Waals surface area contributed by atoms with Crippen LogP contribution in [0, 0.1) is 0 Å². The Labute approximate surface area is 398 Å². The molecule has 0 bridgehead atoms. The van der Waals surface area contributed by atoms with Crippen LogP contribution in [0.5, 0.6) is 0 Å². The van der Waals surface area contributed by atoms with Gasteiger partial charge in [-0.25, -0.2) is 0 Å². The van der Waals surface area contributed by atoms with Gasteiger partial charge in [-0.2, -0.15) is 0 Å². The maximum absolute atomic E-state index is 10.3. The summed E-state index contributed by atoms with van der Waals surface area (Å²) in [5.74, 6) is 0. The van der Waals surface area contributed by atoms with Gasteiger partial charge in [-0.1, -0.05) is 14.9 Å². The van der Waals surface area contributed by atoms with Crippen molar-refractivity contribution in [1.29, 1.82) is 0 Å². The molecule has 1 atom stereocenters. The van der Waals surface area contributed by atoms with Crippen LogP contribution in [-0.2, 0) is 46.5 Å². The van der Waals surface area contributed by atoms with Gasteiger partial charge < -0.3 is 196 Å². The first-order valence-corrected chi connectivity index (χ1v) is 44.9. The second-order valence-electron chi connectivity index (χ2n) is 11.5. The molecule has 0 aromatic heterocycles. The van der Waals surface area contributed by atoms with Gasteiger partial charge in [0.1, 0.15) is 0 Å². The highest BCUT2D eigenvalue weighted by Crippen LogP contribution is 2.28. The Morgan fingerprint density at radius 2 is 0.515 bits per heavy atom. The molecule has 0 saturated heterocycles. The number of hydrogen-bond donors (Lipinski definition) is 30. The first kappa shape index (κ1) is 83.3. The van der Waals surface area contributed by atoms with E-state index < -0.39 is 122 Å². The molecule has 68 heavy (non-hydrogen) atoms. The first-order chi connectivity index (χ1) is 27.9. The van der Waals surface area contributed by atoms with Crippen molar-refractivity contribution in [3.05, 3.63) is 0 Å². The molecule has 1 unspecified atom stereocenters. The zero-order chi connectivity index (χ0) is 53.6. The summed E-state index contributed by atoms with van der Waals surface area (Å²) in [6.07, 6.45) is 0. The summed E-state index contributed by atoms with van der Waals surface area (Å²) in [4.78, 5) is 271. The Hall–Kier alpha value is 1.36. The molecule has 0 aromatic rings. The van der Waals surface area contributed by atoms with E-state index in [0.717, 1.165) is 0 Å². The van der Waals surface area contributed by atoms with E-state index in [1.807, 2.05) is 27.7 Å². The maximum atomic E-state index is 10.3. The van der Waals surface area contributed by atoms with Gasteiger partial charge in [-0.05, 0) is 40.8 Å². The molecule has 0 fully saturated rings. The van der Waals surface area contributed by atoms with Crippen LogP contribution in [0.4, 0.5) is 0 Å². The largest absolute Gasteiger partial charge is 0.679 e. The molecule has 0 radical (unpaired) electrons. The molecule has 422 valence electrons. The van der Waals surface area contributed by atoms with Gasteiger partial charge in [0.15, 0.2) is 0 Å². The number of rotatable bonds is 25. The van der Waals surface area contributed by atoms with E-state index in [2.05, 4.69) is 28.8 Å². The van der Waals surface area contributed by atoms with E-state index in [1.165, 1.54) is 13.1 Å². The topological polar surface area (TPSA) is 740 Å². The highest BCUT2D eigenvalue weighted by molar-refractivity contribution is 7.56. The van der Waals surface area contributed by atoms with Gasteiger partial charge in [-0.15, -0.1) is 0 Å². The number of hydrogen-bond acceptors (Lipinski definition) is 41. The first-order valence-electron chi connectivity index (χ1n) is 16.1. The molecule has 0 aliphatic rings. The van der Waals surface area contributed by atoms with Gasteiger partial charge in [0.2, 0.25) is 0 Å². The zero-order valence-corrected chi connectivity index (χ0v) is 48.2. The predicted molar refractivity (Wildman–Crippen MR) is 230 cm³/mol. The van der Waals surface area contributed by atoms with E-state index in [9.17, 15) is 86.3 Å². The standard InChI is InChI=1S/C8H20O4Si.C2H8O2Si.2CH4.H24O31Si11.H4O4Si.H2O/c1-5-9-13(10-6-2,11-7-3)12-8-4;1-5(2,3)4;;;1-32(2,3)25-35(10,11)27-36(12,13)28-37(14,15)30-41(22,23)42(24,34(7,8)9)31-38(16,17)29-40(20,21)39(18,19)26-33(4,5)6;1-5(2,3)4;/h5-8H2,1-4H3;3-4H,1-2H3;2*1H4;1-24H;1-4H;1H2. The molecule has 32 N–H and O–H groups in total. The van der Waals surface area contributed by atoms with Crippen molar-refractivity contribution in [2.24, 2.45) is 0 Å². The summed E-state index contributed by atoms with van der Waals surface area (Å²) < 4.78 is 46.5. The van der Waals surface area contributed by atoms with E-state index >= 15 is 0 Å². The van der Waals surface area contributed by atoms with Crippen LogP contribution >= 0.6 is 0 Å². The highest BCUT2D eigenvalue weighted by Gasteiger charge is 2.84. The Bertz CT molecular complexity index is 1270. The lowest BCUT2D eigenvalue weighted by atomic mass is 10.9. The van der Waals surface area contributed by atoms with Crippen molar-refractivity contribution in [2.75, 3.05) is 26.4 Å². The molecule has 0 aromatic carbocycles. The van der Waals surface area contributed by atoms with Crippen LogP contribution < -0.4 is 0 Å². The summed E-state index contributed by atoms with van der Waals surface area (Å²) in [7, 11) is -83.8. The quantitative estimate of drug-likeness (QED) is 0.0377. The summed E-state index contributed by atoms with van der Waals surface area (Å²) in [5.41, 5.74) is 0. The maximum Gasteiger partial charge on any atom is 0.679 e. The normalized spacial score (nSPS) is 14.8. The molecule has 0 heterocycles. The summed E-state index contributed by atoms with van der Waals surface area (Å²) in [5, 5.41) is 0. The van der Waals surface area contributed by atoms with Crippen molar-refractivity contribution in [1.82, 2.24) is 0 Å². The van der Waals surface area contributed by atoms with Crippen LogP contribution in [0.1, 0.15) is 42.5 Å². The molecule has 0 rings (SSSR count). The van der Waals surface area contributed by atoms with E-state index in [0.29, 0.717) is 26.4 Å². The van der Waals surface area contributed by atoms with Crippen LogP contribution in [0.2, 0.25) is 13.1 Å². The third kappa shape index (κ3) is 39.8. The van der Waals surface area contributed by atoms with E-state index in [-0.39, 0.29) is 20.3 Å². The Morgan fingerprint density at radius 3 is 0.750 bits per heavy atom. The predicted octanol–water partition coefficient (Wildman–Crippen LogP) is -19.0. The van der Waals surface area contributed by atoms with Crippen LogP contribution in [0.3, 0.4) is 0 Å². The second-order valence-corrected chi connectivity index (χ2v) is 49.9. The monoisotopic (exact) mass is 1270 g/mol. The van der Waals surface area contributed by atoms with Crippen molar-refractivity contribution in [2.45, 2.75) is 55.6 Å². The van der Waals surface area contributed by atoms with Crippen molar-refractivity contribution in [3.8, 4) is 0 Å². The Balaban J connectivity index is -0.000000234.